The van der Waals surface area contributed by atoms with Gasteiger partial charge in [-0.05, 0) is 23.8 Å². The van der Waals surface area contributed by atoms with E-state index in [2.05, 4.69) is 15.9 Å². The van der Waals surface area contributed by atoms with Gasteiger partial charge >= 0.3 is 0 Å². The number of aliphatic hydroxyl groups is 1. The Balaban J connectivity index is 2.40. The van der Waals surface area contributed by atoms with Gasteiger partial charge in [0, 0.05) is 15.1 Å². The van der Waals surface area contributed by atoms with E-state index in [1.165, 1.54) is 0 Å². The van der Waals surface area contributed by atoms with E-state index >= 15 is 0 Å². The van der Waals surface area contributed by atoms with Gasteiger partial charge in [-0.2, -0.15) is 0 Å². The molecule has 1 N–H and O–H groups in total. The largest absolute Gasteiger partial charge is 0.497 e. The van der Waals surface area contributed by atoms with Crippen molar-refractivity contribution in [1.82, 2.24) is 0 Å². The summed E-state index contributed by atoms with van der Waals surface area (Å²) in [6, 6.07) is 12.7. The van der Waals surface area contributed by atoms with Crippen molar-refractivity contribution in [3.8, 4) is 5.75 Å². The van der Waals surface area contributed by atoms with Crippen LogP contribution in [0.3, 0.4) is 0 Å². The Morgan fingerprint density at radius 2 is 1.89 bits per heavy atom. The van der Waals surface area contributed by atoms with E-state index in [9.17, 15) is 5.11 Å². The zero-order valence-electron chi connectivity index (χ0n) is 9.73. The van der Waals surface area contributed by atoms with Crippen LogP contribution in [0.4, 0.5) is 0 Å². The maximum Gasteiger partial charge on any atom is 0.120 e. The molecule has 0 bridgehead atoms. The Hall–Kier alpha value is -1.03. The molecule has 2 aromatic carbocycles. The molecular formula is C14H12BrClO2. The van der Waals surface area contributed by atoms with Crippen LogP contribution in [0.25, 0.3) is 0 Å². The van der Waals surface area contributed by atoms with Crippen LogP contribution in [-0.2, 0) is 0 Å². The average Bonchev–Trinajstić information content (AvgIpc) is 2.38. The standard InChI is InChI=1S/C14H12BrClO2/c1-18-9-6-7-10(12(15)8-9)14(17)11-4-2-3-5-13(11)16/h2-8,14,17H,1H3. The summed E-state index contributed by atoms with van der Waals surface area (Å²) in [5.41, 5.74) is 1.44. The monoisotopic (exact) mass is 326 g/mol. The van der Waals surface area contributed by atoms with Crippen LogP contribution in [0.15, 0.2) is 46.9 Å². The number of halogens is 2. The first-order valence-electron chi connectivity index (χ1n) is 5.39. The van der Waals surface area contributed by atoms with Crippen LogP contribution in [0.5, 0.6) is 5.75 Å². The zero-order chi connectivity index (χ0) is 13.1. The molecule has 18 heavy (non-hydrogen) atoms. The molecule has 0 radical (unpaired) electrons. The third-order valence-electron chi connectivity index (χ3n) is 2.70. The molecule has 1 atom stereocenters. The first kappa shape index (κ1) is 13.4. The predicted octanol–water partition coefficient (Wildman–Crippen LogP) is 4.19. The first-order valence-corrected chi connectivity index (χ1v) is 6.56. The van der Waals surface area contributed by atoms with Gasteiger partial charge in [0.2, 0.25) is 0 Å². The van der Waals surface area contributed by atoms with Gasteiger partial charge in [0.1, 0.15) is 11.9 Å². The topological polar surface area (TPSA) is 29.5 Å². The normalized spacial score (nSPS) is 12.2. The molecule has 0 amide bonds. The van der Waals surface area contributed by atoms with Gasteiger partial charge in [0.15, 0.2) is 0 Å². The maximum atomic E-state index is 10.4. The molecule has 0 aromatic heterocycles. The van der Waals surface area contributed by atoms with Crippen molar-refractivity contribution in [2.45, 2.75) is 6.10 Å². The third kappa shape index (κ3) is 2.69. The van der Waals surface area contributed by atoms with Crippen molar-refractivity contribution in [1.29, 1.82) is 0 Å². The smallest absolute Gasteiger partial charge is 0.120 e. The fourth-order valence-corrected chi connectivity index (χ4v) is 2.53. The number of methoxy groups -OCH3 is 1. The SMILES string of the molecule is COc1ccc(C(O)c2ccccc2Cl)c(Br)c1. The Kier molecular flexibility index (Phi) is 4.27. The molecule has 2 rings (SSSR count). The molecule has 0 aliphatic heterocycles. The van der Waals surface area contributed by atoms with Crippen LogP contribution in [-0.4, -0.2) is 12.2 Å². The highest BCUT2D eigenvalue weighted by atomic mass is 79.9. The van der Waals surface area contributed by atoms with Gasteiger partial charge in [-0.1, -0.05) is 51.8 Å². The van der Waals surface area contributed by atoms with Crippen molar-refractivity contribution in [2.24, 2.45) is 0 Å². The number of rotatable bonds is 3. The lowest BCUT2D eigenvalue weighted by Crippen LogP contribution is -2.01. The molecule has 0 saturated heterocycles. The number of hydrogen-bond acceptors (Lipinski definition) is 2. The van der Waals surface area contributed by atoms with Crippen molar-refractivity contribution in [3.05, 3.63) is 63.1 Å². The average molecular weight is 328 g/mol. The summed E-state index contributed by atoms with van der Waals surface area (Å²) in [5.74, 6) is 0.733. The molecule has 4 heteroatoms. The molecular weight excluding hydrogens is 316 g/mol. The van der Waals surface area contributed by atoms with E-state index in [0.717, 1.165) is 15.8 Å². The van der Waals surface area contributed by atoms with Crippen LogP contribution in [0, 0.1) is 0 Å². The summed E-state index contributed by atoms with van der Waals surface area (Å²) in [5, 5.41) is 10.9. The van der Waals surface area contributed by atoms with Crippen LogP contribution in [0.1, 0.15) is 17.2 Å². The lowest BCUT2D eigenvalue weighted by molar-refractivity contribution is 0.219. The highest BCUT2D eigenvalue weighted by Gasteiger charge is 2.16. The molecule has 1 unspecified atom stereocenters. The molecule has 0 fully saturated rings. The fraction of sp³-hybridized carbons (Fsp3) is 0.143. The molecule has 2 nitrogen and oxygen atoms in total. The van der Waals surface area contributed by atoms with Gasteiger partial charge < -0.3 is 9.84 Å². The van der Waals surface area contributed by atoms with E-state index in [4.69, 9.17) is 16.3 Å². The van der Waals surface area contributed by atoms with Crippen LogP contribution >= 0.6 is 27.5 Å². The minimum Gasteiger partial charge on any atom is -0.497 e. The van der Waals surface area contributed by atoms with E-state index < -0.39 is 6.10 Å². The Labute approximate surface area is 119 Å². The molecule has 2 aromatic rings. The van der Waals surface area contributed by atoms with Gasteiger partial charge in [0.25, 0.3) is 0 Å². The first-order chi connectivity index (χ1) is 8.63. The second-order valence-electron chi connectivity index (χ2n) is 3.81. The van der Waals surface area contributed by atoms with E-state index in [1.807, 2.05) is 30.3 Å². The molecule has 0 aliphatic rings. The zero-order valence-corrected chi connectivity index (χ0v) is 12.1. The van der Waals surface area contributed by atoms with Crippen molar-refractivity contribution in [3.63, 3.8) is 0 Å². The minimum absolute atomic E-state index is 0.549. The Morgan fingerprint density at radius 3 is 2.50 bits per heavy atom. The second-order valence-corrected chi connectivity index (χ2v) is 5.07. The van der Waals surface area contributed by atoms with E-state index in [-0.39, 0.29) is 0 Å². The highest BCUT2D eigenvalue weighted by molar-refractivity contribution is 9.10. The van der Waals surface area contributed by atoms with Gasteiger partial charge in [-0.15, -0.1) is 0 Å². The van der Waals surface area contributed by atoms with Gasteiger partial charge in [-0.25, -0.2) is 0 Å². The van der Waals surface area contributed by atoms with Crippen molar-refractivity contribution < 1.29 is 9.84 Å². The quantitative estimate of drug-likeness (QED) is 0.916. The summed E-state index contributed by atoms with van der Waals surface area (Å²) in [6.07, 6.45) is -0.765. The number of hydrogen-bond donors (Lipinski definition) is 1. The Morgan fingerprint density at radius 1 is 1.17 bits per heavy atom. The molecule has 0 heterocycles. The van der Waals surface area contributed by atoms with Crippen LogP contribution < -0.4 is 4.74 Å². The molecule has 0 saturated carbocycles. The third-order valence-corrected chi connectivity index (χ3v) is 3.73. The second kappa shape index (κ2) is 5.74. The fourth-order valence-electron chi connectivity index (χ4n) is 1.72. The Bertz CT molecular complexity index is 557. The summed E-state index contributed by atoms with van der Waals surface area (Å²) in [4.78, 5) is 0. The van der Waals surface area contributed by atoms with Gasteiger partial charge in [-0.3, -0.25) is 0 Å². The molecule has 94 valence electrons. The van der Waals surface area contributed by atoms with Crippen LogP contribution in [0.2, 0.25) is 5.02 Å². The van der Waals surface area contributed by atoms with E-state index in [0.29, 0.717) is 10.6 Å². The number of benzene rings is 2. The molecule has 0 spiro atoms. The number of aliphatic hydroxyl groups excluding tert-OH is 1. The summed E-state index contributed by atoms with van der Waals surface area (Å²) < 4.78 is 5.91. The minimum atomic E-state index is -0.765. The number of ether oxygens (including phenoxy) is 1. The summed E-state index contributed by atoms with van der Waals surface area (Å²) >= 11 is 9.51. The maximum absolute atomic E-state index is 10.4. The highest BCUT2D eigenvalue weighted by Crippen LogP contribution is 2.34. The van der Waals surface area contributed by atoms with Gasteiger partial charge in [0.05, 0.1) is 7.11 Å². The molecule has 0 aliphatic carbocycles. The predicted molar refractivity (Wildman–Crippen MR) is 76.2 cm³/mol. The van der Waals surface area contributed by atoms with E-state index in [1.54, 1.807) is 19.2 Å². The lowest BCUT2D eigenvalue weighted by atomic mass is 10.0. The van der Waals surface area contributed by atoms with Crippen molar-refractivity contribution >= 4 is 27.5 Å². The van der Waals surface area contributed by atoms with Crippen molar-refractivity contribution in [2.75, 3.05) is 7.11 Å². The lowest BCUT2D eigenvalue weighted by Gasteiger charge is -2.15. The summed E-state index contributed by atoms with van der Waals surface area (Å²) in [7, 11) is 1.60. The summed E-state index contributed by atoms with van der Waals surface area (Å²) in [6.45, 7) is 0.